The van der Waals surface area contributed by atoms with E-state index < -0.39 is 0 Å². The van der Waals surface area contributed by atoms with E-state index in [1.165, 1.54) is 67.0 Å². The third kappa shape index (κ3) is 6.23. The Morgan fingerprint density at radius 2 is 1.62 bits per heavy atom. The van der Waals surface area contributed by atoms with E-state index in [4.69, 9.17) is 0 Å². The van der Waals surface area contributed by atoms with Crippen LogP contribution in [0.4, 0.5) is 0 Å². The molecule has 0 amide bonds. The van der Waals surface area contributed by atoms with Gasteiger partial charge in [-0.15, -0.1) is 0 Å². The summed E-state index contributed by atoms with van der Waals surface area (Å²) in [6.07, 6.45) is 11.6. The zero-order valence-electron chi connectivity index (χ0n) is 19.6. The normalized spacial score (nSPS) is 17.7. The van der Waals surface area contributed by atoms with Crippen LogP contribution in [0.15, 0.2) is 96.4 Å². The van der Waals surface area contributed by atoms with Crippen molar-refractivity contribution in [3.8, 4) is 0 Å². The number of likely N-dealkylation sites (tertiary alicyclic amines) is 1. The standard InChI is InChI=1S/C30H38N2/c1-24-11-9-10-16-30(24)31-25(2)23-26-17-20-32(21-18-26)22-19-29(27-12-5-3-6-13-27)28-14-7-4-8-15-28/h3-9,11-15,26,29,31H,2,10,16-23H2,1H3. The summed E-state index contributed by atoms with van der Waals surface area (Å²) in [5.41, 5.74) is 6.78. The second-order valence-electron chi connectivity index (χ2n) is 9.48. The number of nitrogens with one attached hydrogen (secondary N) is 1. The molecule has 0 unspecified atom stereocenters. The number of rotatable bonds is 9. The Kier molecular flexibility index (Phi) is 8.01. The molecule has 1 aliphatic heterocycles. The number of allylic oxidation sites excluding steroid dienone is 5. The molecule has 1 aliphatic carbocycles. The highest BCUT2D eigenvalue weighted by Crippen LogP contribution is 2.30. The van der Waals surface area contributed by atoms with Crippen LogP contribution in [-0.4, -0.2) is 24.5 Å². The first-order valence-electron chi connectivity index (χ1n) is 12.3. The molecule has 0 aromatic heterocycles. The molecule has 168 valence electrons. The van der Waals surface area contributed by atoms with Gasteiger partial charge in [0.1, 0.15) is 0 Å². The van der Waals surface area contributed by atoms with Gasteiger partial charge in [0.15, 0.2) is 0 Å². The van der Waals surface area contributed by atoms with Crippen molar-refractivity contribution >= 4 is 0 Å². The van der Waals surface area contributed by atoms with Crippen molar-refractivity contribution in [3.05, 3.63) is 107 Å². The first kappa shape index (κ1) is 22.6. The second-order valence-corrected chi connectivity index (χ2v) is 9.48. The van der Waals surface area contributed by atoms with Crippen LogP contribution < -0.4 is 5.32 Å². The molecule has 2 aromatic carbocycles. The van der Waals surface area contributed by atoms with Crippen LogP contribution >= 0.6 is 0 Å². The maximum Gasteiger partial charge on any atom is 0.0181 e. The molecule has 2 nitrogen and oxygen atoms in total. The fourth-order valence-electron chi connectivity index (χ4n) is 5.18. The largest absolute Gasteiger partial charge is 0.363 e. The fraction of sp³-hybridized carbons (Fsp3) is 0.400. The van der Waals surface area contributed by atoms with E-state index in [-0.39, 0.29) is 0 Å². The van der Waals surface area contributed by atoms with Gasteiger partial charge in [0.05, 0.1) is 0 Å². The van der Waals surface area contributed by atoms with Gasteiger partial charge >= 0.3 is 0 Å². The van der Waals surface area contributed by atoms with Crippen molar-refractivity contribution in [1.29, 1.82) is 0 Å². The van der Waals surface area contributed by atoms with Gasteiger partial charge in [-0.3, -0.25) is 0 Å². The lowest BCUT2D eigenvalue weighted by Gasteiger charge is -2.33. The van der Waals surface area contributed by atoms with Gasteiger partial charge in [0, 0.05) is 17.3 Å². The highest BCUT2D eigenvalue weighted by atomic mass is 15.1. The van der Waals surface area contributed by atoms with Crippen molar-refractivity contribution in [1.82, 2.24) is 10.2 Å². The summed E-state index contributed by atoms with van der Waals surface area (Å²) >= 11 is 0. The number of nitrogens with zero attached hydrogens (tertiary/aromatic N) is 1. The molecule has 32 heavy (non-hydrogen) atoms. The Morgan fingerprint density at radius 3 is 2.22 bits per heavy atom. The molecule has 0 saturated carbocycles. The molecule has 2 heteroatoms. The Balaban J connectivity index is 1.26. The van der Waals surface area contributed by atoms with Crippen molar-refractivity contribution < 1.29 is 0 Å². The molecule has 1 fully saturated rings. The predicted octanol–water partition coefficient (Wildman–Crippen LogP) is 7.04. The summed E-state index contributed by atoms with van der Waals surface area (Å²) in [6.45, 7) is 10.1. The summed E-state index contributed by atoms with van der Waals surface area (Å²) in [7, 11) is 0. The molecule has 0 spiro atoms. The quantitative estimate of drug-likeness (QED) is 0.463. The summed E-state index contributed by atoms with van der Waals surface area (Å²) in [4.78, 5) is 2.67. The average Bonchev–Trinajstić information content (AvgIpc) is 2.83. The lowest BCUT2D eigenvalue weighted by atomic mass is 9.87. The van der Waals surface area contributed by atoms with Crippen molar-refractivity contribution in [2.24, 2.45) is 5.92 Å². The van der Waals surface area contributed by atoms with Gasteiger partial charge in [-0.25, -0.2) is 0 Å². The Morgan fingerprint density at radius 1 is 1.00 bits per heavy atom. The summed E-state index contributed by atoms with van der Waals surface area (Å²) in [5.74, 6) is 1.23. The van der Waals surface area contributed by atoms with Crippen LogP contribution in [0.25, 0.3) is 0 Å². The highest BCUT2D eigenvalue weighted by molar-refractivity contribution is 5.32. The zero-order chi connectivity index (χ0) is 22.2. The average molecular weight is 427 g/mol. The zero-order valence-corrected chi connectivity index (χ0v) is 19.6. The van der Waals surface area contributed by atoms with Gasteiger partial charge < -0.3 is 10.2 Å². The van der Waals surface area contributed by atoms with Crippen LogP contribution in [0.3, 0.4) is 0 Å². The molecule has 2 aliphatic rings. The van der Waals surface area contributed by atoms with Gasteiger partial charge in [0.25, 0.3) is 0 Å². The monoisotopic (exact) mass is 426 g/mol. The predicted molar refractivity (Wildman–Crippen MR) is 136 cm³/mol. The SMILES string of the molecule is C=C(CC1CCN(CCC(c2ccccc2)c2ccccc2)CC1)NC1=C(C)C=CCC1. The number of piperidine rings is 1. The lowest BCUT2D eigenvalue weighted by molar-refractivity contribution is 0.179. The molecule has 0 radical (unpaired) electrons. The molecule has 1 heterocycles. The molecule has 1 saturated heterocycles. The van der Waals surface area contributed by atoms with Crippen molar-refractivity contribution in [2.75, 3.05) is 19.6 Å². The van der Waals surface area contributed by atoms with E-state index in [2.05, 4.69) is 96.5 Å². The van der Waals surface area contributed by atoms with Crippen LogP contribution in [0.2, 0.25) is 0 Å². The van der Waals surface area contributed by atoms with E-state index in [1.54, 1.807) is 0 Å². The first-order valence-corrected chi connectivity index (χ1v) is 12.3. The summed E-state index contributed by atoms with van der Waals surface area (Å²) < 4.78 is 0. The topological polar surface area (TPSA) is 15.3 Å². The van der Waals surface area contributed by atoms with Gasteiger partial charge in [-0.1, -0.05) is 79.4 Å². The van der Waals surface area contributed by atoms with E-state index >= 15 is 0 Å². The van der Waals surface area contributed by atoms with Crippen LogP contribution in [0, 0.1) is 5.92 Å². The molecular formula is C30H38N2. The number of hydrogen-bond donors (Lipinski definition) is 1. The minimum Gasteiger partial charge on any atom is -0.363 e. The number of hydrogen-bond acceptors (Lipinski definition) is 2. The molecule has 4 rings (SSSR count). The second kappa shape index (κ2) is 11.3. The Hall–Kier alpha value is -2.58. The maximum atomic E-state index is 4.34. The molecule has 0 atom stereocenters. The lowest BCUT2D eigenvalue weighted by Crippen LogP contribution is -2.35. The van der Waals surface area contributed by atoms with E-state index in [0.29, 0.717) is 5.92 Å². The van der Waals surface area contributed by atoms with Crippen molar-refractivity contribution in [2.45, 2.75) is 51.4 Å². The van der Waals surface area contributed by atoms with Gasteiger partial charge in [0.2, 0.25) is 0 Å². The molecule has 1 N–H and O–H groups in total. The Labute approximate surface area is 194 Å². The summed E-state index contributed by atoms with van der Waals surface area (Å²) in [5, 5.41) is 3.62. The van der Waals surface area contributed by atoms with Crippen LogP contribution in [0.1, 0.15) is 62.5 Å². The summed E-state index contributed by atoms with van der Waals surface area (Å²) in [6, 6.07) is 22.0. The Bertz CT molecular complexity index is 878. The molecule has 2 aromatic rings. The van der Waals surface area contributed by atoms with Crippen molar-refractivity contribution in [3.63, 3.8) is 0 Å². The van der Waals surface area contributed by atoms with Crippen LogP contribution in [0.5, 0.6) is 0 Å². The van der Waals surface area contributed by atoms with Crippen LogP contribution in [-0.2, 0) is 0 Å². The first-order chi connectivity index (χ1) is 15.7. The van der Waals surface area contributed by atoms with E-state index in [1.807, 2.05) is 0 Å². The minimum atomic E-state index is 0.472. The maximum absolute atomic E-state index is 4.34. The van der Waals surface area contributed by atoms with E-state index in [9.17, 15) is 0 Å². The highest BCUT2D eigenvalue weighted by Gasteiger charge is 2.22. The number of benzene rings is 2. The van der Waals surface area contributed by atoms with E-state index in [0.717, 1.165) is 25.2 Å². The third-order valence-electron chi connectivity index (χ3n) is 7.11. The molecule has 0 bridgehead atoms. The smallest absolute Gasteiger partial charge is 0.0181 e. The van der Waals surface area contributed by atoms with Gasteiger partial charge in [-0.05, 0) is 87.7 Å². The third-order valence-corrected chi connectivity index (χ3v) is 7.11. The fourth-order valence-corrected chi connectivity index (χ4v) is 5.18. The molecular weight excluding hydrogens is 388 g/mol. The minimum absolute atomic E-state index is 0.472. The van der Waals surface area contributed by atoms with Gasteiger partial charge in [-0.2, -0.15) is 0 Å².